The smallest absolute Gasteiger partial charge is 0.148 e. The van der Waals surface area contributed by atoms with Crippen molar-refractivity contribution in [1.29, 1.82) is 0 Å². The van der Waals surface area contributed by atoms with Gasteiger partial charge in [0.15, 0.2) is 0 Å². The van der Waals surface area contributed by atoms with E-state index in [4.69, 9.17) is 0 Å². The zero-order valence-electron chi connectivity index (χ0n) is 10.4. The predicted octanol–water partition coefficient (Wildman–Crippen LogP) is 1.79. The number of hydrogen-bond donors (Lipinski definition) is 1. The van der Waals surface area contributed by atoms with Gasteiger partial charge in [-0.1, -0.05) is 0 Å². The summed E-state index contributed by atoms with van der Waals surface area (Å²) in [6, 6.07) is 0.277. The van der Waals surface area contributed by atoms with Crippen LogP contribution in [0.5, 0.6) is 0 Å². The highest BCUT2D eigenvalue weighted by molar-refractivity contribution is 5.40. The van der Waals surface area contributed by atoms with Crippen LogP contribution >= 0.6 is 0 Å². The van der Waals surface area contributed by atoms with Gasteiger partial charge >= 0.3 is 0 Å². The van der Waals surface area contributed by atoms with Crippen LogP contribution in [0.1, 0.15) is 18.3 Å². The van der Waals surface area contributed by atoms with E-state index in [1.54, 1.807) is 12.4 Å². The number of aryl methyl sites for hydroxylation is 2. The summed E-state index contributed by atoms with van der Waals surface area (Å²) < 4.78 is 2.04. The minimum absolute atomic E-state index is 0.277. The summed E-state index contributed by atoms with van der Waals surface area (Å²) in [7, 11) is 0. The summed E-state index contributed by atoms with van der Waals surface area (Å²) >= 11 is 0. The molecule has 17 heavy (non-hydrogen) atoms. The zero-order chi connectivity index (χ0) is 12.3. The zero-order valence-corrected chi connectivity index (χ0v) is 10.4. The van der Waals surface area contributed by atoms with E-state index < -0.39 is 0 Å². The Morgan fingerprint density at radius 1 is 1.41 bits per heavy atom. The molecule has 0 aliphatic rings. The van der Waals surface area contributed by atoms with Gasteiger partial charge in [-0.15, -0.1) is 0 Å². The minimum Gasteiger partial charge on any atom is -0.364 e. The molecular weight excluding hydrogens is 214 g/mol. The van der Waals surface area contributed by atoms with Gasteiger partial charge in [-0.05, 0) is 20.8 Å². The van der Waals surface area contributed by atoms with Gasteiger partial charge in [0.05, 0.1) is 17.7 Å². The van der Waals surface area contributed by atoms with Gasteiger partial charge in [-0.3, -0.25) is 4.98 Å². The normalized spacial score (nSPS) is 12.4. The van der Waals surface area contributed by atoms with Crippen LogP contribution in [0, 0.1) is 13.8 Å². The summed E-state index contributed by atoms with van der Waals surface area (Å²) in [4.78, 5) is 12.7. The Morgan fingerprint density at radius 3 is 2.94 bits per heavy atom. The molecule has 2 aromatic rings. The van der Waals surface area contributed by atoms with Crippen molar-refractivity contribution in [2.75, 3.05) is 5.32 Å². The first-order chi connectivity index (χ1) is 8.15. The minimum atomic E-state index is 0.277. The fraction of sp³-hybridized carbons (Fsp3) is 0.417. The van der Waals surface area contributed by atoms with Crippen molar-refractivity contribution < 1.29 is 0 Å². The molecule has 0 saturated heterocycles. The first-order valence-corrected chi connectivity index (χ1v) is 5.67. The highest BCUT2D eigenvalue weighted by atomic mass is 15.1. The van der Waals surface area contributed by atoms with Crippen molar-refractivity contribution in [2.24, 2.45) is 0 Å². The lowest BCUT2D eigenvalue weighted by atomic mass is 10.3. The van der Waals surface area contributed by atoms with Gasteiger partial charge in [0, 0.05) is 31.2 Å². The number of imidazole rings is 1. The maximum atomic E-state index is 4.44. The second-order valence-corrected chi connectivity index (χ2v) is 4.25. The standard InChI is InChI=1S/C12H17N5/c1-9-6-14-11(3)12(15-9)16-10(2)7-17-5-4-13-8-17/h4-6,8,10H,7H2,1-3H3,(H,15,16). The van der Waals surface area contributed by atoms with Crippen LogP contribution in [-0.2, 0) is 6.54 Å². The molecule has 1 N–H and O–H groups in total. The molecule has 0 radical (unpaired) electrons. The first kappa shape index (κ1) is 11.6. The van der Waals surface area contributed by atoms with Gasteiger partial charge < -0.3 is 9.88 Å². The van der Waals surface area contributed by atoms with Gasteiger partial charge in [0.1, 0.15) is 5.82 Å². The third kappa shape index (κ3) is 3.03. The van der Waals surface area contributed by atoms with Crippen LogP contribution in [-0.4, -0.2) is 25.6 Å². The number of rotatable bonds is 4. The summed E-state index contributed by atoms with van der Waals surface area (Å²) in [5.74, 6) is 0.859. The van der Waals surface area contributed by atoms with Crippen molar-refractivity contribution in [1.82, 2.24) is 19.5 Å². The van der Waals surface area contributed by atoms with E-state index in [9.17, 15) is 0 Å². The van der Waals surface area contributed by atoms with Gasteiger partial charge in [0.2, 0.25) is 0 Å². The lowest BCUT2D eigenvalue weighted by Crippen LogP contribution is -2.22. The predicted molar refractivity (Wildman–Crippen MR) is 66.8 cm³/mol. The Labute approximate surface area is 101 Å². The molecule has 0 aliphatic carbocycles. The molecule has 2 heterocycles. The SMILES string of the molecule is Cc1cnc(C)c(NC(C)Cn2ccnc2)n1. The molecular formula is C12H17N5. The summed E-state index contributed by atoms with van der Waals surface area (Å²) in [5.41, 5.74) is 1.85. The monoisotopic (exact) mass is 231 g/mol. The molecule has 5 heteroatoms. The molecule has 1 unspecified atom stereocenters. The van der Waals surface area contributed by atoms with Crippen molar-refractivity contribution in [3.8, 4) is 0 Å². The Balaban J connectivity index is 2.02. The number of aromatic nitrogens is 4. The van der Waals surface area contributed by atoms with Gasteiger partial charge in [-0.25, -0.2) is 9.97 Å². The summed E-state index contributed by atoms with van der Waals surface area (Å²) in [6.45, 7) is 6.87. The van der Waals surface area contributed by atoms with Crippen molar-refractivity contribution in [3.05, 3.63) is 36.3 Å². The van der Waals surface area contributed by atoms with Crippen LogP contribution in [0.2, 0.25) is 0 Å². The van der Waals surface area contributed by atoms with Crippen molar-refractivity contribution >= 4 is 5.82 Å². The molecule has 0 aromatic carbocycles. The number of anilines is 1. The van der Waals surface area contributed by atoms with E-state index in [-0.39, 0.29) is 6.04 Å². The topological polar surface area (TPSA) is 55.6 Å². The fourth-order valence-electron chi connectivity index (χ4n) is 1.66. The third-order valence-electron chi connectivity index (χ3n) is 2.50. The quantitative estimate of drug-likeness (QED) is 0.871. The molecule has 0 bridgehead atoms. The van der Waals surface area contributed by atoms with Crippen LogP contribution in [0.4, 0.5) is 5.82 Å². The molecule has 0 aliphatic heterocycles. The Kier molecular flexibility index (Phi) is 3.37. The van der Waals surface area contributed by atoms with Crippen molar-refractivity contribution in [3.63, 3.8) is 0 Å². The first-order valence-electron chi connectivity index (χ1n) is 5.67. The molecule has 0 spiro atoms. The third-order valence-corrected chi connectivity index (χ3v) is 2.50. The van der Waals surface area contributed by atoms with E-state index in [1.807, 2.05) is 30.9 Å². The molecule has 0 fully saturated rings. The molecule has 0 amide bonds. The van der Waals surface area contributed by atoms with Crippen LogP contribution in [0.25, 0.3) is 0 Å². The summed E-state index contributed by atoms with van der Waals surface area (Å²) in [6.07, 6.45) is 7.32. The molecule has 5 nitrogen and oxygen atoms in total. The molecule has 2 aromatic heterocycles. The average molecular weight is 231 g/mol. The Bertz CT molecular complexity index is 478. The molecule has 2 rings (SSSR count). The van der Waals surface area contributed by atoms with Gasteiger partial charge in [0.25, 0.3) is 0 Å². The Morgan fingerprint density at radius 2 is 2.24 bits per heavy atom. The summed E-state index contributed by atoms with van der Waals surface area (Å²) in [5, 5.41) is 3.37. The van der Waals surface area contributed by atoms with E-state index in [0.717, 1.165) is 23.8 Å². The molecule has 1 atom stereocenters. The highest BCUT2D eigenvalue weighted by Gasteiger charge is 2.07. The molecule has 0 saturated carbocycles. The number of nitrogens with one attached hydrogen (secondary N) is 1. The van der Waals surface area contributed by atoms with Gasteiger partial charge in [-0.2, -0.15) is 0 Å². The second-order valence-electron chi connectivity index (χ2n) is 4.25. The number of nitrogens with zero attached hydrogens (tertiary/aromatic N) is 4. The lowest BCUT2D eigenvalue weighted by molar-refractivity contribution is 0.616. The fourth-order valence-corrected chi connectivity index (χ4v) is 1.66. The highest BCUT2D eigenvalue weighted by Crippen LogP contribution is 2.10. The Hall–Kier alpha value is -1.91. The largest absolute Gasteiger partial charge is 0.364 e. The van der Waals surface area contributed by atoms with Crippen LogP contribution in [0.15, 0.2) is 24.9 Å². The van der Waals surface area contributed by atoms with E-state index >= 15 is 0 Å². The van der Waals surface area contributed by atoms with Crippen molar-refractivity contribution in [2.45, 2.75) is 33.4 Å². The second kappa shape index (κ2) is 4.95. The van der Waals surface area contributed by atoms with Crippen LogP contribution in [0.3, 0.4) is 0 Å². The lowest BCUT2D eigenvalue weighted by Gasteiger charge is -2.16. The maximum absolute atomic E-state index is 4.44. The van der Waals surface area contributed by atoms with E-state index in [2.05, 4.69) is 27.2 Å². The van der Waals surface area contributed by atoms with E-state index in [1.165, 1.54) is 0 Å². The van der Waals surface area contributed by atoms with Crippen LogP contribution < -0.4 is 5.32 Å². The molecule has 90 valence electrons. The van der Waals surface area contributed by atoms with E-state index in [0.29, 0.717) is 0 Å². The average Bonchev–Trinajstić information content (AvgIpc) is 2.76. The maximum Gasteiger partial charge on any atom is 0.148 e. The number of hydrogen-bond acceptors (Lipinski definition) is 4.